The quantitative estimate of drug-likeness (QED) is 0.828. The van der Waals surface area contributed by atoms with Gasteiger partial charge in [0.25, 0.3) is 0 Å². The van der Waals surface area contributed by atoms with E-state index >= 15 is 0 Å². The van der Waals surface area contributed by atoms with Crippen LogP contribution in [0.15, 0.2) is 34.8 Å². The monoisotopic (exact) mass is 336 g/mol. The van der Waals surface area contributed by atoms with Crippen molar-refractivity contribution in [3.05, 3.63) is 57.4 Å². The van der Waals surface area contributed by atoms with Gasteiger partial charge < -0.3 is 4.90 Å². The summed E-state index contributed by atoms with van der Waals surface area (Å²) < 4.78 is 14.2. The highest BCUT2D eigenvalue weighted by molar-refractivity contribution is 9.10. The molecule has 0 aliphatic rings. The molecule has 2 nitrogen and oxygen atoms in total. The van der Waals surface area contributed by atoms with E-state index in [-0.39, 0.29) is 5.82 Å². The number of nitrogens with zero attached hydrogens (tertiary/aromatic N) is 2. The van der Waals surface area contributed by atoms with E-state index < -0.39 is 0 Å². The predicted molar refractivity (Wildman–Crippen MR) is 84.8 cm³/mol. The van der Waals surface area contributed by atoms with Gasteiger partial charge in [-0.05, 0) is 65.5 Å². The Kier molecular flexibility index (Phi) is 4.76. The fraction of sp³-hybridized carbons (Fsp3) is 0.312. The van der Waals surface area contributed by atoms with Crippen LogP contribution in [-0.4, -0.2) is 18.6 Å². The third-order valence-corrected chi connectivity index (χ3v) is 4.19. The number of halogens is 2. The second-order valence-corrected chi connectivity index (χ2v) is 5.85. The lowest BCUT2D eigenvalue weighted by atomic mass is 10.1. The van der Waals surface area contributed by atoms with Gasteiger partial charge in [0.2, 0.25) is 0 Å². The molecule has 2 aromatic rings. The summed E-state index contributed by atoms with van der Waals surface area (Å²) in [6.07, 6.45) is 0.869. The second-order valence-electron chi connectivity index (χ2n) is 4.99. The molecule has 0 saturated heterocycles. The molecule has 0 spiro atoms. The van der Waals surface area contributed by atoms with Crippen molar-refractivity contribution in [1.82, 2.24) is 4.98 Å². The fourth-order valence-electron chi connectivity index (χ4n) is 2.02. The molecule has 0 aliphatic carbocycles. The molecule has 0 unspecified atom stereocenters. The number of benzene rings is 1. The van der Waals surface area contributed by atoms with Crippen LogP contribution in [0.2, 0.25) is 0 Å². The molecule has 0 fully saturated rings. The predicted octanol–water partition coefficient (Wildman–Crippen LogP) is 4.28. The molecule has 0 aliphatic heterocycles. The van der Waals surface area contributed by atoms with Gasteiger partial charge in [-0.25, -0.2) is 9.37 Å². The SMILES string of the molecule is Cc1cc(CCN(C)c2ccc(Br)c(C)n2)ccc1F. The van der Waals surface area contributed by atoms with Crippen molar-refractivity contribution in [3.8, 4) is 0 Å². The van der Waals surface area contributed by atoms with Crippen LogP contribution in [0.3, 0.4) is 0 Å². The van der Waals surface area contributed by atoms with Gasteiger partial charge in [0.15, 0.2) is 0 Å². The molecule has 106 valence electrons. The Morgan fingerprint density at radius 3 is 2.60 bits per heavy atom. The van der Waals surface area contributed by atoms with Crippen LogP contribution in [0.1, 0.15) is 16.8 Å². The van der Waals surface area contributed by atoms with Gasteiger partial charge in [-0.15, -0.1) is 0 Å². The van der Waals surface area contributed by atoms with Crippen molar-refractivity contribution in [2.45, 2.75) is 20.3 Å². The van der Waals surface area contributed by atoms with Gasteiger partial charge in [0, 0.05) is 18.1 Å². The van der Waals surface area contributed by atoms with Crippen LogP contribution < -0.4 is 4.90 Å². The maximum atomic E-state index is 13.2. The standard InChI is InChI=1S/C16H18BrFN2/c1-11-10-13(4-6-15(11)18)8-9-20(3)16-7-5-14(17)12(2)19-16/h4-7,10H,8-9H2,1-3H3. The zero-order valence-electron chi connectivity index (χ0n) is 12.0. The van der Waals surface area contributed by atoms with Crippen molar-refractivity contribution in [2.75, 3.05) is 18.5 Å². The number of rotatable bonds is 4. The van der Waals surface area contributed by atoms with Crippen LogP contribution in [0.4, 0.5) is 10.2 Å². The highest BCUT2D eigenvalue weighted by Gasteiger charge is 2.06. The zero-order chi connectivity index (χ0) is 14.7. The Labute approximate surface area is 127 Å². The van der Waals surface area contributed by atoms with E-state index in [1.165, 1.54) is 6.07 Å². The number of aryl methyl sites for hydroxylation is 2. The van der Waals surface area contributed by atoms with Crippen LogP contribution in [-0.2, 0) is 6.42 Å². The summed E-state index contributed by atoms with van der Waals surface area (Å²) in [5.41, 5.74) is 2.82. The molecular formula is C16H18BrFN2. The van der Waals surface area contributed by atoms with E-state index in [0.717, 1.165) is 34.5 Å². The summed E-state index contributed by atoms with van der Waals surface area (Å²) in [6, 6.07) is 9.29. The molecule has 1 aromatic carbocycles. The van der Waals surface area contributed by atoms with E-state index in [4.69, 9.17) is 0 Å². The summed E-state index contributed by atoms with van der Waals surface area (Å²) in [6.45, 7) is 4.62. The summed E-state index contributed by atoms with van der Waals surface area (Å²) in [5, 5.41) is 0. The molecule has 0 radical (unpaired) electrons. The maximum absolute atomic E-state index is 13.2. The number of hydrogen-bond acceptors (Lipinski definition) is 2. The summed E-state index contributed by atoms with van der Waals surface area (Å²) in [4.78, 5) is 6.64. The average molecular weight is 337 g/mol. The summed E-state index contributed by atoms with van der Waals surface area (Å²) in [5.74, 6) is 0.803. The van der Waals surface area contributed by atoms with Crippen molar-refractivity contribution in [2.24, 2.45) is 0 Å². The molecular weight excluding hydrogens is 319 g/mol. The second kappa shape index (κ2) is 6.35. The number of likely N-dealkylation sites (N-methyl/N-ethyl adjacent to an activating group) is 1. The zero-order valence-corrected chi connectivity index (χ0v) is 13.5. The topological polar surface area (TPSA) is 16.1 Å². The molecule has 2 rings (SSSR count). The number of aromatic nitrogens is 1. The van der Waals surface area contributed by atoms with Crippen LogP contribution in [0, 0.1) is 19.7 Å². The maximum Gasteiger partial charge on any atom is 0.128 e. The van der Waals surface area contributed by atoms with E-state index in [1.54, 1.807) is 6.92 Å². The Hall–Kier alpha value is -1.42. The molecule has 0 N–H and O–H groups in total. The Bertz CT molecular complexity index is 613. The van der Waals surface area contributed by atoms with E-state index in [9.17, 15) is 4.39 Å². The van der Waals surface area contributed by atoms with Gasteiger partial charge in [0.05, 0.1) is 5.69 Å². The lowest BCUT2D eigenvalue weighted by molar-refractivity contribution is 0.617. The first kappa shape index (κ1) is 15.0. The molecule has 0 amide bonds. The molecule has 0 bridgehead atoms. The van der Waals surface area contributed by atoms with Crippen LogP contribution in [0.5, 0.6) is 0 Å². The Morgan fingerprint density at radius 2 is 1.95 bits per heavy atom. The summed E-state index contributed by atoms with van der Waals surface area (Å²) >= 11 is 3.45. The van der Waals surface area contributed by atoms with Crippen molar-refractivity contribution in [1.29, 1.82) is 0 Å². The van der Waals surface area contributed by atoms with Gasteiger partial charge in [-0.3, -0.25) is 0 Å². The van der Waals surface area contributed by atoms with E-state index in [2.05, 4.69) is 25.8 Å². The first-order valence-electron chi connectivity index (χ1n) is 6.56. The lowest BCUT2D eigenvalue weighted by Gasteiger charge is -2.19. The minimum absolute atomic E-state index is 0.146. The molecule has 4 heteroatoms. The van der Waals surface area contributed by atoms with Crippen LogP contribution in [0.25, 0.3) is 0 Å². The molecule has 0 saturated carbocycles. The number of anilines is 1. The minimum atomic E-state index is -0.146. The molecule has 1 aromatic heterocycles. The van der Waals surface area contributed by atoms with E-state index in [1.807, 2.05) is 38.2 Å². The normalized spacial score (nSPS) is 10.7. The van der Waals surface area contributed by atoms with Crippen molar-refractivity contribution in [3.63, 3.8) is 0 Å². The highest BCUT2D eigenvalue weighted by Crippen LogP contribution is 2.18. The molecule has 20 heavy (non-hydrogen) atoms. The lowest BCUT2D eigenvalue weighted by Crippen LogP contribution is -2.21. The third-order valence-electron chi connectivity index (χ3n) is 3.36. The summed E-state index contributed by atoms with van der Waals surface area (Å²) in [7, 11) is 2.02. The third kappa shape index (κ3) is 3.57. The smallest absolute Gasteiger partial charge is 0.128 e. The van der Waals surface area contributed by atoms with Crippen molar-refractivity contribution < 1.29 is 4.39 Å². The Balaban J connectivity index is 2.02. The van der Waals surface area contributed by atoms with Gasteiger partial charge in [-0.2, -0.15) is 0 Å². The minimum Gasteiger partial charge on any atom is -0.359 e. The highest BCUT2D eigenvalue weighted by atomic mass is 79.9. The van der Waals surface area contributed by atoms with Crippen LogP contribution >= 0.6 is 15.9 Å². The number of hydrogen-bond donors (Lipinski definition) is 0. The van der Waals surface area contributed by atoms with E-state index in [0.29, 0.717) is 5.56 Å². The van der Waals surface area contributed by atoms with Gasteiger partial charge >= 0.3 is 0 Å². The molecule has 1 heterocycles. The largest absolute Gasteiger partial charge is 0.359 e. The molecule has 0 atom stereocenters. The Morgan fingerprint density at radius 1 is 1.20 bits per heavy atom. The average Bonchev–Trinajstić information content (AvgIpc) is 2.43. The first-order chi connectivity index (χ1) is 9.47. The van der Waals surface area contributed by atoms with Gasteiger partial charge in [0.1, 0.15) is 11.6 Å². The fourth-order valence-corrected chi connectivity index (χ4v) is 2.24. The van der Waals surface area contributed by atoms with Crippen molar-refractivity contribution >= 4 is 21.7 Å². The first-order valence-corrected chi connectivity index (χ1v) is 7.36. The number of pyridine rings is 1. The van der Waals surface area contributed by atoms with Gasteiger partial charge in [-0.1, -0.05) is 12.1 Å².